The van der Waals surface area contributed by atoms with Crippen molar-refractivity contribution in [3.8, 4) is 0 Å². The third-order valence-corrected chi connectivity index (χ3v) is 3.88. The van der Waals surface area contributed by atoms with Gasteiger partial charge in [0, 0.05) is 16.8 Å². The second kappa shape index (κ2) is 8.83. The van der Waals surface area contributed by atoms with Gasteiger partial charge >= 0.3 is 0 Å². The molecule has 2 aromatic rings. The molecule has 2 aromatic carbocycles. The van der Waals surface area contributed by atoms with Crippen molar-refractivity contribution in [2.45, 2.75) is 33.7 Å². The molecule has 0 spiro atoms. The Labute approximate surface area is 160 Å². The summed E-state index contributed by atoms with van der Waals surface area (Å²) >= 11 is 0. The highest BCUT2D eigenvalue weighted by molar-refractivity contribution is 5.98. The summed E-state index contributed by atoms with van der Waals surface area (Å²) in [6, 6.07) is 13.8. The Bertz CT molecular complexity index is 770. The maximum Gasteiger partial charge on any atom is 0.245 e. The average molecular weight is 376 g/mol. The number of amides is 2. The summed E-state index contributed by atoms with van der Waals surface area (Å²) in [5.41, 5.74) is 8.44. The molecular weight excluding hydrogens is 350 g/mol. The minimum Gasteiger partial charge on any atom is -0.325 e. The van der Waals surface area contributed by atoms with E-state index in [1.807, 2.05) is 64.1 Å². The van der Waals surface area contributed by atoms with Gasteiger partial charge in [0.1, 0.15) is 6.04 Å². The van der Waals surface area contributed by atoms with E-state index in [0.29, 0.717) is 11.4 Å². The predicted octanol–water partition coefficient (Wildman–Crippen LogP) is 4.04. The van der Waals surface area contributed by atoms with E-state index in [2.05, 4.69) is 10.6 Å². The van der Waals surface area contributed by atoms with Crippen molar-refractivity contribution in [2.75, 3.05) is 10.6 Å². The second-order valence-electron chi connectivity index (χ2n) is 7.11. The fourth-order valence-electron chi connectivity index (χ4n) is 2.18. The lowest BCUT2D eigenvalue weighted by Crippen LogP contribution is -2.29. The molecule has 0 aromatic heterocycles. The molecule has 0 heterocycles. The molecule has 1 atom stereocenters. The summed E-state index contributed by atoms with van der Waals surface area (Å²) in [7, 11) is 0. The van der Waals surface area contributed by atoms with E-state index in [9.17, 15) is 9.59 Å². The number of carbonyl (C=O) groups excluding carboxylic acids is 2. The van der Waals surface area contributed by atoms with Gasteiger partial charge in [0.05, 0.1) is 0 Å². The molecule has 0 aliphatic heterocycles. The first kappa shape index (κ1) is 21.7. The highest BCUT2D eigenvalue weighted by atomic mass is 35.5. The Morgan fingerprint density at radius 3 is 2.19 bits per heavy atom. The molecule has 2 rings (SSSR count). The number of nitrogens with one attached hydrogen (secondary N) is 2. The van der Waals surface area contributed by atoms with E-state index in [1.54, 1.807) is 12.1 Å². The predicted molar refractivity (Wildman–Crippen MR) is 109 cm³/mol. The van der Waals surface area contributed by atoms with Gasteiger partial charge in [0.15, 0.2) is 0 Å². The molecule has 0 fully saturated rings. The molecule has 2 amide bonds. The standard InChI is InChI=1S/C20H25N3O2.ClH/c1-13-10-11-15(12-16(13)23-19(25)20(2,3)4)22-18(24)17(21)14-8-6-5-7-9-14;/h5-12,17H,21H2,1-4H3,(H,22,24)(H,23,25);1H. The minimum absolute atomic E-state index is 0. The quantitative estimate of drug-likeness (QED) is 0.753. The summed E-state index contributed by atoms with van der Waals surface area (Å²) in [4.78, 5) is 24.6. The van der Waals surface area contributed by atoms with Crippen LogP contribution < -0.4 is 16.4 Å². The molecule has 6 heteroatoms. The smallest absolute Gasteiger partial charge is 0.245 e. The van der Waals surface area contributed by atoms with Gasteiger partial charge in [0.25, 0.3) is 0 Å². The first-order valence-corrected chi connectivity index (χ1v) is 8.22. The topological polar surface area (TPSA) is 84.2 Å². The van der Waals surface area contributed by atoms with Crippen LogP contribution in [0, 0.1) is 12.3 Å². The fraction of sp³-hybridized carbons (Fsp3) is 0.300. The van der Waals surface area contributed by atoms with E-state index >= 15 is 0 Å². The van der Waals surface area contributed by atoms with E-state index in [1.165, 1.54) is 0 Å². The Kier molecular flexibility index (Phi) is 7.36. The molecule has 4 N–H and O–H groups in total. The number of benzene rings is 2. The Hall–Kier alpha value is -2.37. The van der Waals surface area contributed by atoms with E-state index < -0.39 is 11.5 Å². The van der Waals surface area contributed by atoms with Crippen molar-refractivity contribution >= 4 is 35.6 Å². The summed E-state index contributed by atoms with van der Waals surface area (Å²) in [5.74, 6) is -0.386. The first-order valence-electron chi connectivity index (χ1n) is 8.22. The third-order valence-electron chi connectivity index (χ3n) is 3.88. The van der Waals surface area contributed by atoms with Crippen LogP contribution in [0.15, 0.2) is 48.5 Å². The fourth-order valence-corrected chi connectivity index (χ4v) is 2.18. The monoisotopic (exact) mass is 375 g/mol. The van der Waals surface area contributed by atoms with E-state index in [-0.39, 0.29) is 24.2 Å². The molecule has 0 saturated carbocycles. The van der Waals surface area contributed by atoms with Gasteiger partial charge in [-0.1, -0.05) is 57.2 Å². The van der Waals surface area contributed by atoms with Gasteiger partial charge < -0.3 is 16.4 Å². The lowest BCUT2D eigenvalue weighted by Gasteiger charge is -2.19. The number of rotatable bonds is 4. The van der Waals surface area contributed by atoms with Gasteiger partial charge in [-0.25, -0.2) is 0 Å². The van der Waals surface area contributed by atoms with Gasteiger partial charge in [-0.3, -0.25) is 9.59 Å². The zero-order valence-electron chi connectivity index (χ0n) is 15.5. The van der Waals surface area contributed by atoms with Gasteiger partial charge in [-0.15, -0.1) is 12.4 Å². The lowest BCUT2D eigenvalue weighted by atomic mass is 9.95. The van der Waals surface area contributed by atoms with Crippen molar-refractivity contribution in [3.63, 3.8) is 0 Å². The minimum atomic E-state index is -0.755. The van der Waals surface area contributed by atoms with E-state index in [4.69, 9.17) is 5.73 Å². The zero-order valence-corrected chi connectivity index (χ0v) is 16.3. The van der Waals surface area contributed by atoms with Crippen molar-refractivity contribution in [1.82, 2.24) is 0 Å². The normalized spacial score (nSPS) is 11.9. The van der Waals surface area contributed by atoms with Gasteiger partial charge in [-0.2, -0.15) is 0 Å². The molecule has 26 heavy (non-hydrogen) atoms. The molecule has 0 saturated heterocycles. The molecule has 0 radical (unpaired) electrons. The highest BCUT2D eigenvalue weighted by Gasteiger charge is 2.22. The number of hydrogen-bond acceptors (Lipinski definition) is 3. The van der Waals surface area contributed by atoms with Gasteiger partial charge in [0.2, 0.25) is 11.8 Å². The number of anilines is 2. The average Bonchev–Trinajstić information content (AvgIpc) is 2.57. The molecule has 0 bridgehead atoms. The molecule has 140 valence electrons. The number of hydrogen-bond donors (Lipinski definition) is 3. The van der Waals surface area contributed by atoms with Crippen LogP contribution in [-0.4, -0.2) is 11.8 Å². The van der Waals surface area contributed by atoms with Crippen molar-refractivity contribution in [1.29, 1.82) is 0 Å². The number of nitrogens with two attached hydrogens (primary N) is 1. The van der Waals surface area contributed by atoms with Crippen molar-refractivity contribution in [3.05, 3.63) is 59.7 Å². The van der Waals surface area contributed by atoms with Crippen LogP contribution in [0.5, 0.6) is 0 Å². The zero-order chi connectivity index (χ0) is 18.6. The van der Waals surface area contributed by atoms with Crippen LogP contribution in [-0.2, 0) is 9.59 Å². The third kappa shape index (κ3) is 5.58. The lowest BCUT2D eigenvalue weighted by molar-refractivity contribution is -0.123. The number of halogens is 1. The van der Waals surface area contributed by atoms with Crippen LogP contribution >= 0.6 is 12.4 Å². The summed E-state index contributed by atoms with van der Waals surface area (Å²) in [6.07, 6.45) is 0. The highest BCUT2D eigenvalue weighted by Crippen LogP contribution is 2.24. The molecule has 0 aliphatic rings. The largest absolute Gasteiger partial charge is 0.325 e. The van der Waals surface area contributed by atoms with Crippen molar-refractivity contribution < 1.29 is 9.59 Å². The maximum atomic E-state index is 12.4. The molecule has 5 nitrogen and oxygen atoms in total. The van der Waals surface area contributed by atoms with E-state index in [0.717, 1.165) is 11.1 Å². The van der Waals surface area contributed by atoms with Crippen LogP contribution in [0.1, 0.15) is 37.9 Å². The van der Waals surface area contributed by atoms with Crippen LogP contribution in [0.4, 0.5) is 11.4 Å². The summed E-state index contributed by atoms with van der Waals surface area (Å²) in [6.45, 7) is 7.45. The first-order chi connectivity index (χ1) is 11.7. The molecular formula is C20H26ClN3O2. The Balaban J connectivity index is 0.00000338. The maximum absolute atomic E-state index is 12.4. The number of aryl methyl sites for hydroxylation is 1. The van der Waals surface area contributed by atoms with Crippen LogP contribution in [0.2, 0.25) is 0 Å². The number of carbonyl (C=O) groups is 2. The second-order valence-corrected chi connectivity index (χ2v) is 7.11. The van der Waals surface area contributed by atoms with Crippen LogP contribution in [0.25, 0.3) is 0 Å². The molecule has 1 unspecified atom stereocenters. The Morgan fingerprint density at radius 1 is 1.00 bits per heavy atom. The summed E-state index contributed by atoms with van der Waals surface area (Å²) < 4.78 is 0. The van der Waals surface area contributed by atoms with Gasteiger partial charge in [-0.05, 0) is 30.2 Å². The summed E-state index contributed by atoms with van der Waals surface area (Å²) in [5, 5.41) is 5.71. The molecule has 0 aliphatic carbocycles. The van der Waals surface area contributed by atoms with Crippen molar-refractivity contribution in [2.24, 2.45) is 11.1 Å². The Morgan fingerprint density at radius 2 is 1.62 bits per heavy atom. The van der Waals surface area contributed by atoms with Crippen LogP contribution in [0.3, 0.4) is 0 Å². The SMILES string of the molecule is Cc1ccc(NC(=O)C(N)c2ccccc2)cc1NC(=O)C(C)(C)C.Cl.